The molecule has 1 aromatic carbocycles. The maximum Gasteiger partial charge on any atom is 0.460 e. The van der Waals surface area contributed by atoms with Crippen molar-refractivity contribution in [1.29, 1.82) is 0 Å². The zero-order valence-corrected chi connectivity index (χ0v) is 27.2. The first-order valence-electron chi connectivity index (χ1n) is 14.9. The molecule has 0 saturated carbocycles. The van der Waals surface area contributed by atoms with Crippen LogP contribution < -0.4 is 5.32 Å². The highest BCUT2D eigenvalue weighted by molar-refractivity contribution is 7.87. The lowest BCUT2D eigenvalue weighted by molar-refractivity contribution is -0.457. The molecule has 0 aliphatic carbocycles. The largest absolute Gasteiger partial charge is 0.460 e. The second-order valence-corrected chi connectivity index (χ2v) is 12.3. The number of amides is 1. The van der Waals surface area contributed by atoms with E-state index in [0.29, 0.717) is 5.56 Å². The maximum atomic E-state index is 15.0. The molecule has 49 heavy (non-hydrogen) atoms. The Kier molecular flexibility index (Phi) is 14.2. The SMILES string of the molecule is CCNC(=O)CCCCC(F)(F)C(F)(F)OC(F)(F)C(F)(F)S(=O)(=O)O[C@@H]1[C@H](OC)O[C@@H]2COC(c3ccccc3)O[C@H]2[C@@H]1OCOCC. The van der Waals surface area contributed by atoms with Crippen molar-refractivity contribution in [3.8, 4) is 0 Å². The number of benzene rings is 1. The summed E-state index contributed by atoms with van der Waals surface area (Å²) in [6.45, 7) is 2.43. The molecular weight excluding hydrogens is 710 g/mol. The minimum Gasteiger partial charge on any atom is -0.356 e. The molecule has 0 spiro atoms. The van der Waals surface area contributed by atoms with Crippen LogP contribution in [0.25, 0.3) is 0 Å². The van der Waals surface area contributed by atoms with E-state index in [9.17, 15) is 48.3 Å². The number of ether oxygens (including phenoxy) is 7. The summed E-state index contributed by atoms with van der Waals surface area (Å²) in [7, 11) is -6.18. The van der Waals surface area contributed by atoms with Crippen molar-refractivity contribution >= 4 is 16.0 Å². The van der Waals surface area contributed by atoms with Gasteiger partial charge in [-0.05, 0) is 26.7 Å². The standard InChI is InChI=1S/C28H37F8NO11S/c1-4-37-19(38)13-9-10-14-25(29,30)26(31,32)48-27(33,34)28(35,36)49(39,40)47-22-21(44-16-42-5-2)20-18(45-24(22)41-3)15-43-23(46-20)17-11-7-6-8-12-17/h6-8,11-12,18,20-24H,4-5,9-10,13-16H2,1-3H3,(H,37,38)/t18-,20-,21+,22+,23?,24-/m1/s1. The fourth-order valence-electron chi connectivity index (χ4n) is 4.73. The molecule has 2 saturated heterocycles. The fourth-order valence-corrected chi connectivity index (χ4v) is 5.68. The van der Waals surface area contributed by atoms with E-state index in [4.69, 9.17) is 28.4 Å². The van der Waals surface area contributed by atoms with Gasteiger partial charge in [0.25, 0.3) is 0 Å². The number of nitrogens with one attached hydrogen (secondary N) is 1. The van der Waals surface area contributed by atoms with Gasteiger partial charge >= 0.3 is 33.5 Å². The number of rotatable bonds is 19. The molecule has 21 heteroatoms. The number of hydrogen-bond donors (Lipinski definition) is 1. The lowest BCUT2D eigenvalue weighted by Gasteiger charge is -2.48. The van der Waals surface area contributed by atoms with E-state index in [-0.39, 0.29) is 26.2 Å². The smallest absolute Gasteiger partial charge is 0.356 e. The number of fused-ring (bicyclic) bond motifs is 1. The average Bonchev–Trinajstić information content (AvgIpc) is 3.03. The zero-order valence-electron chi connectivity index (χ0n) is 26.4. The molecule has 282 valence electrons. The molecule has 2 fully saturated rings. The van der Waals surface area contributed by atoms with Crippen LogP contribution in [-0.4, -0.2) is 102 Å². The van der Waals surface area contributed by atoms with Crippen molar-refractivity contribution in [3.05, 3.63) is 35.9 Å². The summed E-state index contributed by atoms with van der Waals surface area (Å²) in [4.78, 5) is 11.4. The van der Waals surface area contributed by atoms with Gasteiger partial charge in [0.15, 0.2) is 18.7 Å². The van der Waals surface area contributed by atoms with Gasteiger partial charge in [-0.15, -0.1) is 0 Å². The van der Waals surface area contributed by atoms with Crippen molar-refractivity contribution in [2.75, 3.05) is 33.7 Å². The van der Waals surface area contributed by atoms with Gasteiger partial charge in [0.05, 0.1) is 6.61 Å². The summed E-state index contributed by atoms with van der Waals surface area (Å²) in [5.74, 6) is -6.11. The lowest BCUT2D eigenvalue weighted by Crippen LogP contribution is -2.65. The Morgan fingerprint density at radius 1 is 0.959 bits per heavy atom. The van der Waals surface area contributed by atoms with Gasteiger partial charge in [0.1, 0.15) is 25.1 Å². The van der Waals surface area contributed by atoms with Crippen LogP contribution >= 0.6 is 0 Å². The minimum atomic E-state index is -7.08. The first-order chi connectivity index (χ1) is 22.8. The number of carbonyl (C=O) groups excluding carboxylic acids is 1. The Balaban J connectivity index is 1.83. The highest BCUT2D eigenvalue weighted by Crippen LogP contribution is 2.49. The molecule has 12 nitrogen and oxygen atoms in total. The summed E-state index contributed by atoms with van der Waals surface area (Å²) in [6, 6.07) is 8.13. The summed E-state index contributed by atoms with van der Waals surface area (Å²) in [6.07, 6.45) is -26.4. The molecule has 0 bridgehead atoms. The highest BCUT2D eigenvalue weighted by Gasteiger charge is 2.75. The normalized spacial score (nSPS) is 25.5. The molecule has 2 heterocycles. The van der Waals surface area contributed by atoms with Crippen LogP contribution in [0, 0.1) is 0 Å². The Bertz CT molecular complexity index is 1310. The van der Waals surface area contributed by atoms with E-state index in [1.807, 2.05) is 0 Å². The van der Waals surface area contributed by atoms with Crippen molar-refractivity contribution in [1.82, 2.24) is 5.32 Å². The Labute approximate surface area is 276 Å². The molecule has 2 aliphatic rings. The first-order valence-corrected chi connectivity index (χ1v) is 16.4. The number of hydrogen-bond acceptors (Lipinski definition) is 11. The molecule has 0 radical (unpaired) electrons. The van der Waals surface area contributed by atoms with E-state index in [0.717, 1.165) is 7.11 Å². The maximum absolute atomic E-state index is 15.0. The minimum absolute atomic E-state index is 0.0418. The molecule has 1 amide bonds. The van der Waals surface area contributed by atoms with Gasteiger partial charge in [-0.25, -0.2) is 4.74 Å². The third-order valence-electron chi connectivity index (χ3n) is 7.23. The van der Waals surface area contributed by atoms with Crippen LogP contribution in [0.1, 0.15) is 51.4 Å². The average molecular weight is 748 g/mol. The Morgan fingerprint density at radius 2 is 1.63 bits per heavy atom. The first kappa shape index (κ1) is 41.2. The number of halogens is 8. The fraction of sp³-hybridized carbons (Fsp3) is 0.750. The van der Waals surface area contributed by atoms with Gasteiger partial charge in [0, 0.05) is 38.7 Å². The van der Waals surface area contributed by atoms with E-state index in [1.165, 1.54) is 6.92 Å². The van der Waals surface area contributed by atoms with E-state index < -0.39 is 102 Å². The van der Waals surface area contributed by atoms with Gasteiger partial charge in [-0.3, -0.25) is 8.98 Å². The lowest BCUT2D eigenvalue weighted by atomic mass is 9.97. The number of alkyl halides is 8. The predicted octanol–water partition coefficient (Wildman–Crippen LogP) is 4.69. The quantitative estimate of drug-likeness (QED) is 0.0914. The Hall–Kier alpha value is -2.24. The molecule has 1 aromatic rings. The molecule has 6 atom stereocenters. The monoisotopic (exact) mass is 747 g/mol. The van der Waals surface area contributed by atoms with Crippen molar-refractivity contribution in [3.63, 3.8) is 0 Å². The highest BCUT2D eigenvalue weighted by atomic mass is 32.2. The van der Waals surface area contributed by atoms with Crippen molar-refractivity contribution < 1.29 is 85.7 Å². The number of carbonyl (C=O) groups is 1. The van der Waals surface area contributed by atoms with Crippen LogP contribution in [0.2, 0.25) is 0 Å². The topological polar surface area (TPSA) is 137 Å². The van der Waals surface area contributed by atoms with Crippen LogP contribution in [0.15, 0.2) is 30.3 Å². The molecule has 1 N–H and O–H groups in total. The molecule has 2 aliphatic heterocycles. The molecule has 0 aromatic heterocycles. The van der Waals surface area contributed by atoms with Gasteiger partial charge in [0.2, 0.25) is 5.91 Å². The van der Waals surface area contributed by atoms with Crippen molar-refractivity contribution in [2.45, 2.75) is 99.9 Å². The van der Waals surface area contributed by atoms with Crippen molar-refractivity contribution in [2.24, 2.45) is 0 Å². The molecular formula is C28H37F8NO11S. The van der Waals surface area contributed by atoms with E-state index in [2.05, 4.69) is 14.2 Å². The predicted molar refractivity (Wildman–Crippen MR) is 149 cm³/mol. The van der Waals surface area contributed by atoms with Gasteiger partial charge in [-0.2, -0.15) is 43.5 Å². The second-order valence-electron chi connectivity index (χ2n) is 10.7. The van der Waals surface area contributed by atoms with Crippen LogP contribution in [-0.2, 0) is 52.3 Å². The third kappa shape index (κ3) is 9.76. The summed E-state index contributed by atoms with van der Waals surface area (Å²) in [5, 5.41) is -4.39. The second kappa shape index (κ2) is 16.9. The number of unbranched alkanes of at least 4 members (excludes halogenated alkanes) is 1. The molecule has 3 rings (SSSR count). The van der Waals surface area contributed by atoms with E-state index in [1.54, 1.807) is 37.3 Å². The van der Waals surface area contributed by atoms with Crippen LogP contribution in [0.4, 0.5) is 35.1 Å². The van der Waals surface area contributed by atoms with Gasteiger partial charge in [-0.1, -0.05) is 30.3 Å². The zero-order chi connectivity index (χ0) is 36.7. The number of methoxy groups -OCH3 is 1. The van der Waals surface area contributed by atoms with E-state index >= 15 is 0 Å². The summed E-state index contributed by atoms with van der Waals surface area (Å²) >= 11 is 0. The van der Waals surface area contributed by atoms with Gasteiger partial charge < -0.3 is 33.7 Å². The van der Waals surface area contributed by atoms with Crippen LogP contribution in [0.3, 0.4) is 0 Å². The molecule has 1 unspecified atom stereocenters. The third-order valence-corrected chi connectivity index (χ3v) is 8.57. The van der Waals surface area contributed by atoms with Crippen LogP contribution in [0.5, 0.6) is 0 Å². The summed E-state index contributed by atoms with van der Waals surface area (Å²) < 4.78 is 181. The summed E-state index contributed by atoms with van der Waals surface area (Å²) in [5.41, 5.74) is 0.450. The Morgan fingerprint density at radius 3 is 2.24 bits per heavy atom.